The van der Waals surface area contributed by atoms with Crippen LogP contribution >= 0.6 is 0 Å². The fourth-order valence-electron chi connectivity index (χ4n) is 1.69. The van der Waals surface area contributed by atoms with Crippen molar-refractivity contribution in [3.05, 3.63) is 69.3 Å². The van der Waals surface area contributed by atoms with Crippen LogP contribution in [0.1, 0.15) is 15.9 Å². The summed E-state index contributed by atoms with van der Waals surface area (Å²) in [5, 5.41) is 10.7. The SMILES string of the molecule is Cc1cc(OC(=O)c2ccc(F)c(F)c2)ccc1[N+](=O)[O-]. The van der Waals surface area contributed by atoms with Gasteiger partial charge in [-0.25, -0.2) is 13.6 Å². The molecule has 0 bridgehead atoms. The molecule has 0 atom stereocenters. The van der Waals surface area contributed by atoms with E-state index in [-0.39, 0.29) is 17.0 Å². The lowest BCUT2D eigenvalue weighted by atomic mass is 10.2. The van der Waals surface area contributed by atoms with Gasteiger partial charge in [-0.3, -0.25) is 10.1 Å². The minimum absolute atomic E-state index is 0.0767. The Morgan fingerprint density at radius 1 is 1.14 bits per heavy atom. The Bertz CT molecular complexity index is 731. The zero-order valence-electron chi connectivity index (χ0n) is 10.8. The number of nitro groups is 1. The first kappa shape index (κ1) is 14.6. The van der Waals surface area contributed by atoms with Gasteiger partial charge in [0, 0.05) is 11.6 Å². The largest absolute Gasteiger partial charge is 0.423 e. The molecule has 2 aromatic rings. The summed E-state index contributed by atoms with van der Waals surface area (Å²) in [5.74, 6) is -3.04. The Kier molecular flexibility index (Phi) is 3.93. The molecule has 2 rings (SSSR count). The van der Waals surface area contributed by atoms with Crippen molar-refractivity contribution in [2.24, 2.45) is 0 Å². The summed E-state index contributed by atoms with van der Waals surface area (Å²) in [7, 11) is 0. The van der Waals surface area contributed by atoms with Gasteiger partial charge < -0.3 is 4.74 Å². The van der Waals surface area contributed by atoms with E-state index in [1.54, 1.807) is 0 Å². The van der Waals surface area contributed by atoms with E-state index in [9.17, 15) is 23.7 Å². The van der Waals surface area contributed by atoms with Crippen LogP contribution < -0.4 is 4.74 Å². The second-order valence-electron chi connectivity index (χ2n) is 4.22. The van der Waals surface area contributed by atoms with Gasteiger partial charge in [0.25, 0.3) is 5.69 Å². The van der Waals surface area contributed by atoms with Crippen molar-refractivity contribution < 1.29 is 23.2 Å². The van der Waals surface area contributed by atoms with Gasteiger partial charge in [-0.05, 0) is 37.3 Å². The molecule has 7 heteroatoms. The molecule has 0 aromatic heterocycles. The van der Waals surface area contributed by atoms with Crippen LogP contribution in [0.4, 0.5) is 14.5 Å². The molecule has 0 N–H and O–H groups in total. The predicted molar refractivity (Wildman–Crippen MR) is 69.1 cm³/mol. The van der Waals surface area contributed by atoms with Gasteiger partial charge in [-0.15, -0.1) is 0 Å². The van der Waals surface area contributed by atoms with Crippen LogP contribution in [-0.2, 0) is 0 Å². The molecule has 0 spiro atoms. The monoisotopic (exact) mass is 293 g/mol. The summed E-state index contributed by atoms with van der Waals surface area (Å²) in [6.45, 7) is 1.49. The average Bonchev–Trinajstić information content (AvgIpc) is 2.41. The van der Waals surface area contributed by atoms with Crippen molar-refractivity contribution in [2.75, 3.05) is 0 Å². The van der Waals surface area contributed by atoms with E-state index < -0.39 is 22.5 Å². The predicted octanol–water partition coefficient (Wildman–Crippen LogP) is 3.40. The average molecular weight is 293 g/mol. The zero-order valence-corrected chi connectivity index (χ0v) is 10.8. The second kappa shape index (κ2) is 5.66. The summed E-state index contributed by atoms with van der Waals surface area (Å²) in [6.07, 6.45) is 0. The van der Waals surface area contributed by atoms with E-state index >= 15 is 0 Å². The number of carbonyl (C=O) groups excluding carboxylic acids is 1. The summed E-state index contributed by atoms with van der Waals surface area (Å²) in [5.41, 5.74) is 0.0446. The Labute approximate surface area is 117 Å². The first-order valence-electron chi connectivity index (χ1n) is 5.81. The smallest absolute Gasteiger partial charge is 0.343 e. The first-order chi connectivity index (χ1) is 9.88. The molecule has 0 saturated carbocycles. The number of rotatable bonds is 3. The van der Waals surface area contributed by atoms with Crippen molar-refractivity contribution in [2.45, 2.75) is 6.92 Å². The van der Waals surface area contributed by atoms with Gasteiger partial charge >= 0.3 is 5.97 Å². The number of hydrogen-bond donors (Lipinski definition) is 0. The maximum atomic E-state index is 13.0. The van der Waals surface area contributed by atoms with Crippen LogP contribution in [0.3, 0.4) is 0 Å². The number of nitrogens with zero attached hydrogens (tertiary/aromatic N) is 1. The minimum atomic E-state index is -1.16. The lowest BCUT2D eigenvalue weighted by Gasteiger charge is -2.06. The maximum absolute atomic E-state index is 13.0. The Morgan fingerprint density at radius 2 is 1.86 bits per heavy atom. The quantitative estimate of drug-likeness (QED) is 0.376. The molecule has 5 nitrogen and oxygen atoms in total. The lowest BCUT2D eigenvalue weighted by Crippen LogP contribution is -2.09. The topological polar surface area (TPSA) is 69.4 Å². The number of ether oxygens (including phenoxy) is 1. The third-order valence-electron chi connectivity index (χ3n) is 2.73. The highest BCUT2D eigenvalue weighted by molar-refractivity contribution is 5.91. The molecule has 0 heterocycles. The number of esters is 1. The number of nitro benzene ring substituents is 1. The normalized spacial score (nSPS) is 10.2. The van der Waals surface area contributed by atoms with Crippen molar-refractivity contribution in [3.8, 4) is 5.75 Å². The van der Waals surface area contributed by atoms with E-state index in [1.807, 2.05) is 0 Å². The number of carbonyl (C=O) groups is 1. The molecule has 21 heavy (non-hydrogen) atoms. The molecule has 0 radical (unpaired) electrons. The highest BCUT2D eigenvalue weighted by Gasteiger charge is 2.15. The zero-order chi connectivity index (χ0) is 15.6. The van der Waals surface area contributed by atoms with Crippen molar-refractivity contribution in [3.63, 3.8) is 0 Å². The van der Waals surface area contributed by atoms with E-state index in [0.29, 0.717) is 5.56 Å². The summed E-state index contributed by atoms with van der Waals surface area (Å²) >= 11 is 0. The first-order valence-corrected chi connectivity index (χ1v) is 5.81. The van der Waals surface area contributed by atoms with Gasteiger partial charge in [0.15, 0.2) is 11.6 Å². The van der Waals surface area contributed by atoms with Gasteiger partial charge in [0.1, 0.15) is 5.75 Å². The number of hydrogen-bond acceptors (Lipinski definition) is 4. The summed E-state index contributed by atoms with van der Waals surface area (Å²) in [6, 6.07) is 6.38. The second-order valence-corrected chi connectivity index (χ2v) is 4.22. The minimum Gasteiger partial charge on any atom is -0.423 e. The van der Waals surface area contributed by atoms with E-state index in [0.717, 1.165) is 18.2 Å². The molecule has 0 aliphatic rings. The molecule has 0 amide bonds. The van der Waals surface area contributed by atoms with Gasteiger partial charge in [0.2, 0.25) is 0 Å². The van der Waals surface area contributed by atoms with Crippen LogP contribution in [-0.4, -0.2) is 10.9 Å². The lowest BCUT2D eigenvalue weighted by molar-refractivity contribution is -0.385. The molecule has 0 unspecified atom stereocenters. The Hall–Kier alpha value is -2.83. The van der Waals surface area contributed by atoms with E-state index in [2.05, 4.69) is 0 Å². The molecule has 0 saturated heterocycles. The van der Waals surface area contributed by atoms with Crippen LogP contribution in [0, 0.1) is 28.7 Å². The summed E-state index contributed by atoms with van der Waals surface area (Å²) < 4.78 is 30.8. The van der Waals surface area contributed by atoms with Crippen molar-refractivity contribution >= 4 is 11.7 Å². The standard InChI is InChI=1S/C14H9F2NO4/c1-8-6-10(3-5-13(8)17(19)20)21-14(18)9-2-4-11(15)12(16)7-9/h2-7H,1H3. The third kappa shape index (κ3) is 3.19. The fourth-order valence-corrected chi connectivity index (χ4v) is 1.69. The van der Waals surface area contributed by atoms with E-state index in [1.165, 1.54) is 25.1 Å². The fraction of sp³-hybridized carbons (Fsp3) is 0.0714. The summed E-state index contributed by atoms with van der Waals surface area (Å²) in [4.78, 5) is 21.9. The number of aryl methyl sites for hydroxylation is 1. The van der Waals surface area contributed by atoms with Crippen LogP contribution in [0.15, 0.2) is 36.4 Å². The molecule has 0 aliphatic carbocycles. The van der Waals surface area contributed by atoms with Crippen molar-refractivity contribution in [1.29, 1.82) is 0 Å². The third-order valence-corrected chi connectivity index (χ3v) is 2.73. The molecular weight excluding hydrogens is 284 g/mol. The van der Waals surface area contributed by atoms with Crippen LogP contribution in [0.5, 0.6) is 5.75 Å². The van der Waals surface area contributed by atoms with Gasteiger partial charge in [-0.1, -0.05) is 0 Å². The molecule has 0 aliphatic heterocycles. The molecule has 0 fully saturated rings. The van der Waals surface area contributed by atoms with Crippen LogP contribution in [0.2, 0.25) is 0 Å². The van der Waals surface area contributed by atoms with Crippen LogP contribution in [0.25, 0.3) is 0 Å². The van der Waals surface area contributed by atoms with Crippen molar-refractivity contribution in [1.82, 2.24) is 0 Å². The number of halogens is 2. The van der Waals surface area contributed by atoms with Gasteiger partial charge in [0.05, 0.1) is 10.5 Å². The van der Waals surface area contributed by atoms with E-state index in [4.69, 9.17) is 4.74 Å². The number of benzene rings is 2. The van der Waals surface area contributed by atoms with Gasteiger partial charge in [-0.2, -0.15) is 0 Å². The molecular formula is C14H9F2NO4. The highest BCUT2D eigenvalue weighted by atomic mass is 19.2. The maximum Gasteiger partial charge on any atom is 0.343 e. The Morgan fingerprint density at radius 3 is 2.43 bits per heavy atom. The molecule has 108 valence electrons. The Balaban J connectivity index is 2.21. The molecule has 2 aromatic carbocycles. The highest BCUT2D eigenvalue weighted by Crippen LogP contribution is 2.23.